The maximum Gasteiger partial charge on any atom is 0.0220 e. The van der Waals surface area contributed by atoms with E-state index in [0.29, 0.717) is 0 Å². The van der Waals surface area contributed by atoms with Crippen LogP contribution in [0.4, 0.5) is 0 Å². The summed E-state index contributed by atoms with van der Waals surface area (Å²) in [6, 6.07) is 1.57. The van der Waals surface area contributed by atoms with Crippen molar-refractivity contribution in [1.82, 2.24) is 10.2 Å². The molecule has 0 aromatic carbocycles. The van der Waals surface area contributed by atoms with E-state index in [4.69, 9.17) is 0 Å². The Morgan fingerprint density at radius 2 is 1.81 bits per heavy atom. The molecule has 0 aromatic rings. The van der Waals surface area contributed by atoms with Gasteiger partial charge in [-0.2, -0.15) is 0 Å². The van der Waals surface area contributed by atoms with Gasteiger partial charge in [0.05, 0.1) is 0 Å². The SMILES string of the molecule is CCCC(CNC)N(C)C1CCCCCC1. The van der Waals surface area contributed by atoms with Crippen molar-refractivity contribution in [1.29, 1.82) is 0 Å². The molecule has 0 spiro atoms. The fourth-order valence-corrected chi connectivity index (χ4v) is 2.98. The molecule has 0 amide bonds. The number of hydrogen-bond donors (Lipinski definition) is 1. The second kappa shape index (κ2) is 8.08. The Bertz CT molecular complexity index is 154. The maximum atomic E-state index is 3.35. The molecule has 1 aliphatic carbocycles. The summed E-state index contributed by atoms with van der Waals surface area (Å²) in [7, 11) is 4.41. The van der Waals surface area contributed by atoms with Gasteiger partial charge in [-0.3, -0.25) is 4.90 Å². The largest absolute Gasteiger partial charge is 0.318 e. The summed E-state index contributed by atoms with van der Waals surface area (Å²) in [5, 5.41) is 3.35. The van der Waals surface area contributed by atoms with Gasteiger partial charge in [0.25, 0.3) is 0 Å². The summed E-state index contributed by atoms with van der Waals surface area (Å²) in [6.45, 7) is 3.43. The summed E-state index contributed by atoms with van der Waals surface area (Å²) < 4.78 is 0. The van der Waals surface area contributed by atoms with Gasteiger partial charge in [-0.25, -0.2) is 0 Å². The molecule has 0 aliphatic heterocycles. The molecular formula is C14H30N2. The highest BCUT2D eigenvalue weighted by atomic mass is 15.2. The first-order chi connectivity index (χ1) is 7.79. The Hall–Kier alpha value is -0.0800. The molecule has 1 aliphatic rings. The van der Waals surface area contributed by atoms with E-state index in [1.54, 1.807) is 0 Å². The highest BCUT2D eigenvalue weighted by Crippen LogP contribution is 2.23. The van der Waals surface area contributed by atoms with Crippen LogP contribution in [0.2, 0.25) is 0 Å². The molecule has 1 N–H and O–H groups in total. The normalized spacial score (nSPS) is 21.0. The van der Waals surface area contributed by atoms with E-state index < -0.39 is 0 Å². The minimum absolute atomic E-state index is 0.734. The van der Waals surface area contributed by atoms with Crippen LogP contribution in [0.3, 0.4) is 0 Å². The van der Waals surface area contributed by atoms with Crippen LogP contribution in [-0.4, -0.2) is 37.6 Å². The van der Waals surface area contributed by atoms with E-state index in [1.165, 1.54) is 51.4 Å². The molecule has 1 unspecified atom stereocenters. The van der Waals surface area contributed by atoms with E-state index in [0.717, 1.165) is 18.6 Å². The quantitative estimate of drug-likeness (QED) is 0.700. The van der Waals surface area contributed by atoms with E-state index in [-0.39, 0.29) is 0 Å². The Labute approximate surface area is 102 Å². The Kier molecular flexibility index (Phi) is 7.06. The van der Waals surface area contributed by atoms with Crippen molar-refractivity contribution >= 4 is 0 Å². The van der Waals surface area contributed by atoms with Crippen LogP contribution in [0, 0.1) is 0 Å². The van der Waals surface area contributed by atoms with E-state index in [1.807, 2.05) is 0 Å². The lowest BCUT2D eigenvalue weighted by atomic mass is 10.0. The number of hydrogen-bond acceptors (Lipinski definition) is 2. The average Bonchev–Trinajstić information content (AvgIpc) is 2.56. The third-order valence-corrected chi connectivity index (χ3v) is 4.04. The summed E-state index contributed by atoms with van der Waals surface area (Å²) in [4.78, 5) is 2.66. The highest BCUT2D eigenvalue weighted by Gasteiger charge is 2.22. The molecule has 2 nitrogen and oxygen atoms in total. The second-order valence-corrected chi connectivity index (χ2v) is 5.31. The van der Waals surface area contributed by atoms with Gasteiger partial charge in [0, 0.05) is 18.6 Å². The summed E-state index contributed by atoms with van der Waals surface area (Å²) in [5.74, 6) is 0. The minimum Gasteiger partial charge on any atom is -0.318 e. The van der Waals surface area contributed by atoms with Gasteiger partial charge in [0.2, 0.25) is 0 Å². The first-order valence-corrected chi connectivity index (χ1v) is 7.16. The lowest BCUT2D eigenvalue weighted by Gasteiger charge is -2.34. The second-order valence-electron chi connectivity index (χ2n) is 5.31. The van der Waals surface area contributed by atoms with Crippen LogP contribution in [0.1, 0.15) is 58.3 Å². The molecule has 16 heavy (non-hydrogen) atoms. The van der Waals surface area contributed by atoms with Crippen LogP contribution >= 0.6 is 0 Å². The van der Waals surface area contributed by atoms with Crippen molar-refractivity contribution in [3.8, 4) is 0 Å². The van der Waals surface area contributed by atoms with Gasteiger partial charge < -0.3 is 5.32 Å². The van der Waals surface area contributed by atoms with Crippen molar-refractivity contribution in [3.63, 3.8) is 0 Å². The molecule has 1 rings (SSSR count). The lowest BCUT2D eigenvalue weighted by molar-refractivity contribution is 0.148. The Balaban J connectivity index is 2.46. The Morgan fingerprint density at radius 3 is 2.31 bits per heavy atom. The molecular weight excluding hydrogens is 196 g/mol. The van der Waals surface area contributed by atoms with Crippen LogP contribution in [0.5, 0.6) is 0 Å². The van der Waals surface area contributed by atoms with Crippen molar-refractivity contribution < 1.29 is 0 Å². The number of rotatable bonds is 6. The van der Waals surface area contributed by atoms with Gasteiger partial charge in [0.15, 0.2) is 0 Å². The van der Waals surface area contributed by atoms with Crippen molar-refractivity contribution in [3.05, 3.63) is 0 Å². The van der Waals surface area contributed by atoms with Crippen molar-refractivity contribution in [2.75, 3.05) is 20.6 Å². The topological polar surface area (TPSA) is 15.3 Å². The molecule has 1 atom stereocenters. The van der Waals surface area contributed by atoms with Gasteiger partial charge in [-0.05, 0) is 33.4 Å². The maximum absolute atomic E-state index is 3.35. The molecule has 0 heterocycles. The summed E-state index contributed by atoms with van der Waals surface area (Å²) >= 11 is 0. The molecule has 0 radical (unpaired) electrons. The van der Waals surface area contributed by atoms with Gasteiger partial charge in [-0.15, -0.1) is 0 Å². The smallest absolute Gasteiger partial charge is 0.0220 e. The monoisotopic (exact) mass is 226 g/mol. The molecule has 0 aromatic heterocycles. The van der Waals surface area contributed by atoms with Gasteiger partial charge in [0.1, 0.15) is 0 Å². The zero-order valence-corrected chi connectivity index (χ0v) is 11.5. The summed E-state index contributed by atoms with van der Waals surface area (Å²) in [6.07, 6.45) is 11.2. The lowest BCUT2D eigenvalue weighted by Crippen LogP contribution is -2.44. The van der Waals surface area contributed by atoms with E-state index >= 15 is 0 Å². The van der Waals surface area contributed by atoms with Crippen LogP contribution < -0.4 is 5.32 Å². The van der Waals surface area contributed by atoms with Crippen molar-refractivity contribution in [2.45, 2.75) is 70.4 Å². The molecule has 0 bridgehead atoms. The first kappa shape index (κ1) is 14.0. The fourth-order valence-electron chi connectivity index (χ4n) is 2.98. The highest BCUT2D eigenvalue weighted by molar-refractivity contribution is 4.79. The summed E-state index contributed by atoms with van der Waals surface area (Å²) in [5.41, 5.74) is 0. The minimum atomic E-state index is 0.734. The van der Waals surface area contributed by atoms with Crippen LogP contribution in [-0.2, 0) is 0 Å². The van der Waals surface area contributed by atoms with Crippen LogP contribution in [0.15, 0.2) is 0 Å². The Morgan fingerprint density at radius 1 is 1.19 bits per heavy atom. The molecule has 1 fully saturated rings. The molecule has 1 saturated carbocycles. The third-order valence-electron chi connectivity index (χ3n) is 4.04. The third kappa shape index (κ3) is 4.42. The van der Waals surface area contributed by atoms with Crippen molar-refractivity contribution in [2.24, 2.45) is 0 Å². The van der Waals surface area contributed by atoms with Gasteiger partial charge in [-0.1, -0.05) is 39.0 Å². The van der Waals surface area contributed by atoms with E-state index in [2.05, 4.69) is 31.2 Å². The first-order valence-electron chi connectivity index (χ1n) is 7.16. The molecule has 0 saturated heterocycles. The zero-order valence-electron chi connectivity index (χ0n) is 11.5. The molecule has 96 valence electrons. The average molecular weight is 226 g/mol. The fraction of sp³-hybridized carbons (Fsp3) is 1.00. The zero-order chi connectivity index (χ0) is 11.8. The predicted molar refractivity (Wildman–Crippen MR) is 71.9 cm³/mol. The standard InChI is InChI=1S/C14H30N2/c1-4-9-14(12-15-2)16(3)13-10-7-5-6-8-11-13/h13-15H,4-12H2,1-3H3. The number of nitrogens with zero attached hydrogens (tertiary/aromatic N) is 1. The van der Waals surface area contributed by atoms with E-state index in [9.17, 15) is 0 Å². The number of likely N-dealkylation sites (N-methyl/N-ethyl adjacent to an activating group) is 2. The molecule has 2 heteroatoms. The van der Waals surface area contributed by atoms with Gasteiger partial charge >= 0.3 is 0 Å². The number of nitrogens with one attached hydrogen (secondary N) is 1. The predicted octanol–water partition coefficient (Wildman–Crippen LogP) is 3.03. The van der Waals surface area contributed by atoms with Crippen LogP contribution in [0.25, 0.3) is 0 Å².